The molecule has 1 aliphatic rings. The summed E-state index contributed by atoms with van der Waals surface area (Å²) < 4.78 is 21.8. The molecule has 1 aromatic carbocycles. The number of pyridine rings is 1. The lowest BCUT2D eigenvalue weighted by Gasteiger charge is -2.19. The number of hydrogen-bond acceptors (Lipinski definition) is 8. The topological polar surface area (TPSA) is 133 Å². The van der Waals surface area contributed by atoms with Gasteiger partial charge < -0.3 is 21.5 Å². The molecule has 4 rings (SSSR count). The van der Waals surface area contributed by atoms with Crippen molar-refractivity contribution in [2.45, 2.75) is 20.0 Å². The Balaban J connectivity index is 2.09. The fraction of sp³-hybridized carbons (Fsp3) is 0.217. The number of aliphatic imine (C=N–C) groups is 1. The van der Waals surface area contributed by atoms with Gasteiger partial charge >= 0.3 is 0 Å². The quantitative estimate of drug-likeness (QED) is 0.545. The summed E-state index contributed by atoms with van der Waals surface area (Å²) in [5.41, 5.74) is 14.4. The summed E-state index contributed by atoms with van der Waals surface area (Å²) in [5, 5.41) is 7.52. The molecule has 1 aliphatic heterocycles. The molecular formula is C23H24FN7O2. The van der Waals surface area contributed by atoms with E-state index in [0.717, 1.165) is 0 Å². The van der Waals surface area contributed by atoms with Crippen LogP contribution in [-0.2, 0) is 7.05 Å². The minimum Gasteiger partial charge on any atom is -0.482 e. The highest BCUT2D eigenvalue weighted by Gasteiger charge is 2.28. The number of aryl methyl sites for hydroxylation is 1. The lowest BCUT2D eigenvalue weighted by Crippen LogP contribution is -2.16. The van der Waals surface area contributed by atoms with Gasteiger partial charge in [0, 0.05) is 37.1 Å². The van der Waals surface area contributed by atoms with Crippen LogP contribution in [0.3, 0.4) is 0 Å². The summed E-state index contributed by atoms with van der Waals surface area (Å²) in [5.74, 6) is 0.137. The van der Waals surface area contributed by atoms with Crippen molar-refractivity contribution in [2.24, 2.45) is 17.8 Å². The van der Waals surface area contributed by atoms with E-state index in [-0.39, 0.29) is 17.2 Å². The van der Waals surface area contributed by atoms with Gasteiger partial charge in [0.1, 0.15) is 29.1 Å². The number of fused-ring (bicyclic) bond motifs is 5. The first-order valence-electron chi connectivity index (χ1n) is 10.2. The van der Waals surface area contributed by atoms with Gasteiger partial charge in [0.2, 0.25) is 5.78 Å². The molecule has 0 fully saturated rings. The number of nitrogens with one attached hydrogen (secondary N) is 1. The molecule has 10 heteroatoms. The van der Waals surface area contributed by atoms with Crippen molar-refractivity contribution < 1.29 is 13.9 Å². The van der Waals surface area contributed by atoms with Crippen molar-refractivity contribution in [3.63, 3.8) is 0 Å². The van der Waals surface area contributed by atoms with E-state index in [1.807, 2.05) is 0 Å². The van der Waals surface area contributed by atoms with Gasteiger partial charge in [-0.1, -0.05) is 0 Å². The second-order valence-corrected chi connectivity index (χ2v) is 7.73. The molecule has 0 aliphatic carbocycles. The molecule has 1 atom stereocenters. The van der Waals surface area contributed by atoms with Crippen molar-refractivity contribution in [3.05, 3.63) is 59.3 Å². The van der Waals surface area contributed by atoms with Crippen LogP contribution in [0.25, 0.3) is 11.1 Å². The highest BCUT2D eigenvalue weighted by molar-refractivity contribution is 6.50. The Hall–Kier alpha value is -4.21. The number of nitrogen functional groups attached to an aromatic ring is 1. The minimum atomic E-state index is -0.644. The van der Waals surface area contributed by atoms with Crippen molar-refractivity contribution in [2.75, 3.05) is 18.1 Å². The summed E-state index contributed by atoms with van der Waals surface area (Å²) in [6.07, 6.45) is 2.37. The molecule has 3 aromatic rings. The van der Waals surface area contributed by atoms with Crippen LogP contribution in [0.4, 0.5) is 21.7 Å². The van der Waals surface area contributed by atoms with Crippen LogP contribution < -0.4 is 21.5 Å². The van der Waals surface area contributed by atoms with Crippen LogP contribution in [0.15, 0.2) is 47.2 Å². The first-order chi connectivity index (χ1) is 15.7. The second kappa shape index (κ2) is 8.38. The summed E-state index contributed by atoms with van der Waals surface area (Å²) in [6.45, 7) is 3.39. The number of Topliss-reactive ketones (excluding diaryl/α,β-unsaturated/α-hetero) is 1. The van der Waals surface area contributed by atoms with E-state index in [1.165, 1.54) is 24.3 Å². The second-order valence-electron chi connectivity index (χ2n) is 7.73. The molecular weight excluding hydrogens is 425 g/mol. The smallest absolute Gasteiger partial charge is 0.232 e. The molecule has 3 heterocycles. The Morgan fingerprint density at radius 2 is 2.09 bits per heavy atom. The number of carbonyl (C=O) groups excluding carboxylic acids is 1. The highest BCUT2D eigenvalue weighted by atomic mass is 19.1. The first kappa shape index (κ1) is 22.0. The largest absolute Gasteiger partial charge is 0.482 e. The third kappa shape index (κ3) is 4.02. The zero-order valence-electron chi connectivity index (χ0n) is 18.7. The predicted octanol–water partition coefficient (Wildman–Crippen LogP) is 3.52. The van der Waals surface area contributed by atoms with E-state index in [4.69, 9.17) is 16.2 Å². The molecule has 0 saturated carbocycles. The average molecular weight is 449 g/mol. The number of benzene rings is 1. The molecule has 0 amide bonds. The molecule has 2 aromatic heterocycles. The fourth-order valence-corrected chi connectivity index (χ4v) is 3.75. The SMILES string of the molecule is CNc1c2c(nn1C)C(=O)C(/C=C(/C)N)=Nc1ccc(F)cc1[C@@H](C)Oc1cc-2cnc1N. The number of aromatic nitrogens is 3. The molecule has 0 radical (unpaired) electrons. The van der Waals surface area contributed by atoms with Crippen molar-refractivity contribution in [1.29, 1.82) is 0 Å². The van der Waals surface area contributed by atoms with Crippen molar-refractivity contribution in [1.82, 2.24) is 14.8 Å². The maximum atomic E-state index is 14.1. The van der Waals surface area contributed by atoms with Crippen LogP contribution >= 0.6 is 0 Å². The number of ether oxygens (including phenoxy) is 1. The van der Waals surface area contributed by atoms with Gasteiger partial charge in [-0.2, -0.15) is 5.10 Å². The molecule has 9 nitrogen and oxygen atoms in total. The van der Waals surface area contributed by atoms with Crippen LogP contribution in [0, 0.1) is 5.82 Å². The number of nitrogens with zero attached hydrogens (tertiary/aromatic N) is 4. The Kier molecular flexibility index (Phi) is 5.59. The Labute approximate surface area is 190 Å². The summed E-state index contributed by atoms with van der Waals surface area (Å²) >= 11 is 0. The van der Waals surface area contributed by atoms with Gasteiger partial charge in [0.25, 0.3) is 0 Å². The Morgan fingerprint density at radius 1 is 1.33 bits per heavy atom. The lowest BCUT2D eigenvalue weighted by atomic mass is 10.0. The van der Waals surface area contributed by atoms with Gasteiger partial charge in [-0.05, 0) is 44.2 Å². The number of anilines is 2. The predicted molar refractivity (Wildman–Crippen MR) is 125 cm³/mol. The number of nitrogens with two attached hydrogens (primary N) is 2. The number of carbonyl (C=O) groups is 1. The monoisotopic (exact) mass is 449 g/mol. The van der Waals surface area contributed by atoms with Gasteiger partial charge in [-0.3, -0.25) is 9.48 Å². The summed E-state index contributed by atoms with van der Waals surface area (Å²) in [4.78, 5) is 22.5. The average Bonchev–Trinajstić information content (AvgIpc) is 3.10. The molecule has 0 spiro atoms. The van der Waals surface area contributed by atoms with Crippen LogP contribution in [0.2, 0.25) is 0 Å². The summed E-state index contributed by atoms with van der Waals surface area (Å²) in [6, 6.07) is 5.76. The van der Waals surface area contributed by atoms with Gasteiger partial charge in [0.15, 0.2) is 11.6 Å². The third-order valence-corrected chi connectivity index (χ3v) is 5.24. The highest BCUT2D eigenvalue weighted by Crippen LogP contribution is 2.38. The van der Waals surface area contributed by atoms with E-state index >= 15 is 0 Å². The van der Waals surface area contributed by atoms with E-state index in [0.29, 0.717) is 39.6 Å². The number of rotatable bonds is 2. The van der Waals surface area contributed by atoms with Crippen molar-refractivity contribution in [3.8, 4) is 16.9 Å². The van der Waals surface area contributed by atoms with Gasteiger partial charge in [-0.25, -0.2) is 14.4 Å². The molecule has 0 saturated heterocycles. The number of allylic oxidation sites excluding steroid dienone is 2. The third-order valence-electron chi connectivity index (χ3n) is 5.24. The molecule has 5 N–H and O–H groups in total. The zero-order valence-corrected chi connectivity index (χ0v) is 18.7. The van der Waals surface area contributed by atoms with E-state index < -0.39 is 17.7 Å². The van der Waals surface area contributed by atoms with Crippen molar-refractivity contribution >= 4 is 28.8 Å². The van der Waals surface area contributed by atoms with E-state index in [1.54, 1.807) is 44.9 Å². The lowest BCUT2D eigenvalue weighted by molar-refractivity contribution is 0.106. The zero-order chi connectivity index (χ0) is 23.9. The molecule has 0 unspecified atom stereocenters. The molecule has 170 valence electrons. The minimum absolute atomic E-state index is 0.0567. The standard InChI is InChI=1S/C23H24FN7O2/c1-11(25)7-17-21(32)20-19(23(27-3)31(4)30-20)13-8-18(22(26)28-10-13)33-12(2)15-9-14(24)5-6-16(15)29-17/h5-10,12,27H,25H2,1-4H3,(H2,26,28)/b11-7-,29-17?/t12-/m1/s1. The van der Waals surface area contributed by atoms with Crippen LogP contribution in [-0.4, -0.2) is 33.3 Å². The molecule has 2 bridgehead atoms. The van der Waals surface area contributed by atoms with Gasteiger partial charge in [-0.15, -0.1) is 0 Å². The first-order valence-corrected chi connectivity index (χ1v) is 10.2. The summed E-state index contributed by atoms with van der Waals surface area (Å²) in [7, 11) is 3.44. The fourth-order valence-electron chi connectivity index (χ4n) is 3.75. The number of ketones is 1. The molecule has 33 heavy (non-hydrogen) atoms. The maximum absolute atomic E-state index is 14.1. The van der Waals surface area contributed by atoms with E-state index in [9.17, 15) is 9.18 Å². The van der Waals surface area contributed by atoms with Crippen LogP contribution in [0.1, 0.15) is 36.0 Å². The normalized spacial score (nSPS) is 16.0. The Morgan fingerprint density at radius 3 is 2.79 bits per heavy atom. The van der Waals surface area contributed by atoms with Crippen LogP contribution in [0.5, 0.6) is 5.75 Å². The number of halogens is 1. The van der Waals surface area contributed by atoms with E-state index in [2.05, 4.69) is 20.4 Å². The number of hydrogen-bond donors (Lipinski definition) is 3. The van der Waals surface area contributed by atoms with Gasteiger partial charge in [0.05, 0.1) is 11.3 Å². The Bertz CT molecular complexity index is 1320. The maximum Gasteiger partial charge on any atom is 0.232 e.